The summed E-state index contributed by atoms with van der Waals surface area (Å²) in [7, 11) is 0. The Morgan fingerprint density at radius 1 is 1.11 bits per heavy atom. The van der Waals surface area contributed by atoms with Gasteiger partial charge in [0.15, 0.2) is 6.29 Å². The van der Waals surface area contributed by atoms with Crippen LogP contribution in [-0.2, 0) is 14.3 Å². The molecule has 0 aromatic rings. The Hall–Kier alpha value is -0.570. The van der Waals surface area contributed by atoms with Crippen molar-refractivity contribution in [1.82, 2.24) is 0 Å². The van der Waals surface area contributed by atoms with Gasteiger partial charge >= 0.3 is 5.97 Å². The van der Waals surface area contributed by atoms with E-state index in [2.05, 4.69) is 0 Å². The molecule has 0 saturated heterocycles. The molecule has 4 aliphatic rings. The van der Waals surface area contributed by atoms with Gasteiger partial charge < -0.3 is 9.47 Å². The first-order valence-electron chi connectivity index (χ1n) is 7.50. The van der Waals surface area contributed by atoms with Crippen molar-refractivity contribution in [1.29, 1.82) is 0 Å². The van der Waals surface area contributed by atoms with Gasteiger partial charge in [-0.1, -0.05) is 6.92 Å². The molecule has 0 heterocycles. The van der Waals surface area contributed by atoms with Crippen molar-refractivity contribution in [2.45, 2.75) is 64.8 Å². The first kappa shape index (κ1) is 12.5. The van der Waals surface area contributed by atoms with Gasteiger partial charge in [-0.2, -0.15) is 0 Å². The topological polar surface area (TPSA) is 35.5 Å². The van der Waals surface area contributed by atoms with Crippen LogP contribution < -0.4 is 0 Å². The van der Waals surface area contributed by atoms with E-state index in [-0.39, 0.29) is 12.3 Å². The Morgan fingerprint density at radius 2 is 1.67 bits per heavy atom. The van der Waals surface area contributed by atoms with Gasteiger partial charge in [0, 0.05) is 6.42 Å². The summed E-state index contributed by atoms with van der Waals surface area (Å²) in [6, 6.07) is 0. The average Bonchev–Trinajstić information content (AvgIpc) is 2.32. The largest absolute Gasteiger partial charge is 0.436 e. The van der Waals surface area contributed by atoms with Crippen LogP contribution in [0.25, 0.3) is 0 Å². The predicted octanol–water partition coefficient (Wildman–Crippen LogP) is 3.13. The smallest absolute Gasteiger partial charge is 0.307 e. The normalized spacial score (nSPS) is 42.9. The molecule has 0 radical (unpaired) electrons. The van der Waals surface area contributed by atoms with Gasteiger partial charge in [-0.05, 0) is 62.7 Å². The van der Waals surface area contributed by atoms with E-state index in [0.29, 0.717) is 12.5 Å². The fourth-order valence-electron chi connectivity index (χ4n) is 4.61. The Kier molecular flexibility index (Phi) is 3.35. The van der Waals surface area contributed by atoms with Gasteiger partial charge in [0.1, 0.15) is 0 Å². The highest BCUT2D eigenvalue weighted by Gasteiger charge is 2.49. The van der Waals surface area contributed by atoms with E-state index in [1.54, 1.807) is 0 Å². The molecule has 1 atom stereocenters. The van der Waals surface area contributed by atoms with Crippen LogP contribution in [0.5, 0.6) is 0 Å². The van der Waals surface area contributed by atoms with Crippen LogP contribution in [0.4, 0.5) is 0 Å². The molecule has 4 bridgehead atoms. The number of hydrogen-bond acceptors (Lipinski definition) is 3. The molecule has 0 amide bonds. The summed E-state index contributed by atoms with van der Waals surface area (Å²) >= 11 is 0. The number of ether oxygens (including phenoxy) is 2. The zero-order valence-corrected chi connectivity index (χ0v) is 11.4. The van der Waals surface area contributed by atoms with Gasteiger partial charge in [-0.3, -0.25) is 4.79 Å². The van der Waals surface area contributed by atoms with E-state index in [1.807, 2.05) is 13.8 Å². The van der Waals surface area contributed by atoms with E-state index in [9.17, 15) is 4.79 Å². The Morgan fingerprint density at radius 3 is 2.17 bits per heavy atom. The summed E-state index contributed by atoms with van der Waals surface area (Å²) in [5.41, 5.74) is 0. The maximum absolute atomic E-state index is 11.3. The third-order valence-electron chi connectivity index (χ3n) is 5.08. The summed E-state index contributed by atoms with van der Waals surface area (Å²) in [6.07, 6.45) is 7.21. The van der Waals surface area contributed by atoms with Crippen LogP contribution in [0.3, 0.4) is 0 Å². The molecule has 0 N–H and O–H groups in total. The third-order valence-corrected chi connectivity index (χ3v) is 5.08. The quantitative estimate of drug-likeness (QED) is 0.569. The van der Waals surface area contributed by atoms with Crippen LogP contribution in [-0.4, -0.2) is 18.4 Å². The Labute approximate surface area is 109 Å². The predicted molar refractivity (Wildman–Crippen MR) is 67.8 cm³/mol. The summed E-state index contributed by atoms with van der Waals surface area (Å²) in [5, 5.41) is 0. The van der Waals surface area contributed by atoms with Gasteiger partial charge in [-0.15, -0.1) is 0 Å². The zero-order valence-electron chi connectivity index (χ0n) is 11.4. The van der Waals surface area contributed by atoms with Crippen LogP contribution >= 0.6 is 0 Å². The average molecular weight is 252 g/mol. The summed E-state index contributed by atoms with van der Waals surface area (Å²) in [6.45, 7) is 3.68. The first-order chi connectivity index (χ1) is 8.65. The van der Waals surface area contributed by atoms with Gasteiger partial charge in [0.25, 0.3) is 0 Å². The Bertz CT molecular complexity index is 298. The van der Waals surface area contributed by atoms with Crippen molar-refractivity contribution in [3.05, 3.63) is 0 Å². The standard InChI is InChI=1S/C15H24O3/c1-3-14(16)17-9(2)18-15-12-5-10-4-11(7-12)8-13(15)6-10/h9-13,15H,3-8H2,1-2H3. The van der Waals surface area contributed by atoms with Crippen LogP contribution in [0, 0.1) is 23.7 Å². The lowest BCUT2D eigenvalue weighted by molar-refractivity contribution is -0.219. The molecule has 0 aliphatic heterocycles. The summed E-state index contributed by atoms with van der Waals surface area (Å²) in [5.74, 6) is 3.21. The fraction of sp³-hybridized carbons (Fsp3) is 0.933. The van der Waals surface area contributed by atoms with Gasteiger partial charge in [0.2, 0.25) is 0 Å². The molecular weight excluding hydrogens is 228 g/mol. The van der Waals surface area contributed by atoms with Crippen molar-refractivity contribution in [2.24, 2.45) is 23.7 Å². The molecule has 0 aromatic carbocycles. The van der Waals surface area contributed by atoms with E-state index < -0.39 is 0 Å². The second-order valence-electron chi connectivity index (χ2n) is 6.44. The fourth-order valence-corrected chi connectivity index (χ4v) is 4.61. The number of rotatable bonds is 4. The molecule has 3 nitrogen and oxygen atoms in total. The van der Waals surface area contributed by atoms with E-state index >= 15 is 0 Å². The molecule has 0 spiro atoms. The van der Waals surface area contributed by atoms with E-state index in [1.165, 1.54) is 32.1 Å². The third kappa shape index (κ3) is 2.29. The molecule has 0 aromatic heterocycles. The number of esters is 1. The van der Waals surface area contributed by atoms with Crippen molar-refractivity contribution >= 4 is 5.97 Å². The molecule has 4 fully saturated rings. The molecule has 4 saturated carbocycles. The maximum atomic E-state index is 11.3. The molecule has 4 aliphatic carbocycles. The number of carbonyl (C=O) groups excluding carboxylic acids is 1. The minimum Gasteiger partial charge on any atom is -0.436 e. The van der Waals surface area contributed by atoms with Gasteiger partial charge in [-0.25, -0.2) is 0 Å². The first-order valence-corrected chi connectivity index (χ1v) is 7.50. The minimum atomic E-state index is -0.375. The second-order valence-corrected chi connectivity index (χ2v) is 6.44. The maximum Gasteiger partial charge on any atom is 0.307 e. The Balaban J connectivity index is 1.58. The molecule has 18 heavy (non-hydrogen) atoms. The highest BCUT2D eigenvalue weighted by molar-refractivity contribution is 5.68. The highest BCUT2D eigenvalue weighted by atomic mass is 16.7. The SMILES string of the molecule is CCC(=O)OC(C)OC1C2CC3CC(C2)CC1C3. The van der Waals surface area contributed by atoms with Gasteiger partial charge in [0.05, 0.1) is 6.10 Å². The second kappa shape index (κ2) is 4.84. The van der Waals surface area contributed by atoms with Crippen molar-refractivity contribution in [3.8, 4) is 0 Å². The van der Waals surface area contributed by atoms with Crippen LogP contribution in [0.2, 0.25) is 0 Å². The lowest BCUT2D eigenvalue weighted by Crippen LogP contribution is -2.50. The van der Waals surface area contributed by atoms with E-state index in [0.717, 1.165) is 23.7 Å². The monoisotopic (exact) mass is 252 g/mol. The summed E-state index contributed by atoms with van der Waals surface area (Å²) < 4.78 is 11.3. The van der Waals surface area contributed by atoms with Crippen LogP contribution in [0.1, 0.15) is 52.4 Å². The number of hydrogen-bond donors (Lipinski definition) is 0. The van der Waals surface area contributed by atoms with E-state index in [4.69, 9.17) is 9.47 Å². The number of carbonyl (C=O) groups is 1. The molecule has 102 valence electrons. The van der Waals surface area contributed by atoms with Crippen LogP contribution in [0.15, 0.2) is 0 Å². The lowest BCUT2D eigenvalue weighted by Gasteiger charge is -2.54. The van der Waals surface area contributed by atoms with Crippen molar-refractivity contribution in [2.75, 3.05) is 0 Å². The highest BCUT2D eigenvalue weighted by Crippen LogP contribution is 2.54. The molecule has 4 rings (SSSR count). The molecule has 3 heteroatoms. The molecular formula is C15H24O3. The van der Waals surface area contributed by atoms with Crippen molar-refractivity contribution < 1.29 is 14.3 Å². The van der Waals surface area contributed by atoms with Crippen molar-refractivity contribution in [3.63, 3.8) is 0 Å². The lowest BCUT2D eigenvalue weighted by atomic mass is 9.55. The minimum absolute atomic E-state index is 0.161. The molecule has 1 unspecified atom stereocenters. The summed E-state index contributed by atoms with van der Waals surface area (Å²) in [4.78, 5) is 11.3. The zero-order chi connectivity index (χ0) is 12.7.